The lowest BCUT2D eigenvalue weighted by molar-refractivity contribution is 0.0939. The van der Waals surface area contributed by atoms with Crippen molar-refractivity contribution in [1.82, 2.24) is 24.8 Å². The van der Waals surface area contributed by atoms with Crippen molar-refractivity contribution >= 4 is 5.91 Å². The van der Waals surface area contributed by atoms with E-state index in [9.17, 15) is 4.79 Å². The fourth-order valence-corrected chi connectivity index (χ4v) is 2.43. The number of imidazole rings is 1. The summed E-state index contributed by atoms with van der Waals surface area (Å²) >= 11 is 0. The van der Waals surface area contributed by atoms with Gasteiger partial charge in [-0.1, -0.05) is 0 Å². The first-order valence-corrected chi connectivity index (χ1v) is 6.79. The molecule has 6 nitrogen and oxygen atoms in total. The Balaban J connectivity index is 1.55. The van der Waals surface area contributed by atoms with Crippen LogP contribution in [0.4, 0.5) is 0 Å². The SMILES string of the molecule is Cc1cnc(C(=O)NC[C@H]2CCn3ccnc3C2)cn1. The van der Waals surface area contributed by atoms with Crippen LogP contribution in [0.3, 0.4) is 0 Å². The van der Waals surface area contributed by atoms with Gasteiger partial charge in [-0.05, 0) is 19.3 Å². The third-order valence-corrected chi connectivity index (χ3v) is 3.62. The molecule has 0 bridgehead atoms. The molecule has 1 amide bonds. The van der Waals surface area contributed by atoms with Crippen molar-refractivity contribution in [2.45, 2.75) is 26.3 Å². The maximum atomic E-state index is 12.0. The van der Waals surface area contributed by atoms with E-state index in [0.29, 0.717) is 18.2 Å². The highest BCUT2D eigenvalue weighted by Crippen LogP contribution is 2.18. The summed E-state index contributed by atoms with van der Waals surface area (Å²) in [4.78, 5) is 24.4. The first-order chi connectivity index (χ1) is 9.72. The third-order valence-electron chi connectivity index (χ3n) is 3.62. The van der Waals surface area contributed by atoms with Crippen molar-refractivity contribution in [2.24, 2.45) is 5.92 Å². The van der Waals surface area contributed by atoms with Crippen LogP contribution in [0.1, 0.15) is 28.4 Å². The molecule has 6 heteroatoms. The van der Waals surface area contributed by atoms with Crippen LogP contribution in [0.5, 0.6) is 0 Å². The van der Waals surface area contributed by atoms with Crippen LogP contribution in [0.15, 0.2) is 24.8 Å². The first kappa shape index (κ1) is 12.8. The average Bonchev–Trinajstić information content (AvgIpc) is 2.93. The third kappa shape index (κ3) is 2.68. The van der Waals surface area contributed by atoms with Gasteiger partial charge >= 0.3 is 0 Å². The largest absolute Gasteiger partial charge is 0.350 e. The van der Waals surface area contributed by atoms with E-state index >= 15 is 0 Å². The number of carbonyl (C=O) groups excluding carboxylic acids is 1. The number of amides is 1. The average molecular weight is 271 g/mol. The topological polar surface area (TPSA) is 72.7 Å². The number of aromatic nitrogens is 4. The summed E-state index contributed by atoms with van der Waals surface area (Å²) in [5.41, 5.74) is 1.17. The molecule has 0 unspecified atom stereocenters. The Hall–Kier alpha value is -2.24. The Morgan fingerprint density at radius 3 is 3.10 bits per heavy atom. The first-order valence-electron chi connectivity index (χ1n) is 6.79. The van der Waals surface area contributed by atoms with Crippen molar-refractivity contribution in [2.75, 3.05) is 6.54 Å². The van der Waals surface area contributed by atoms with Crippen LogP contribution in [0.2, 0.25) is 0 Å². The molecule has 3 heterocycles. The number of rotatable bonds is 3. The fourth-order valence-electron chi connectivity index (χ4n) is 2.43. The molecule has 0 saturated heterocycles. The minimum Gasteiger partial charge on any atom is -0.350 e. The summed E-state index contributed by atoms with van der Waals surface area (Å²) in [5.74, 6) is 1.38. The summed E-state index contributed by atoms with van der Waals surface area (Å²) in [6.07, 6.45) is 8.92. The van der Waals surface area contributed by atoms with Crippen LogP contribution in [-0.2, 0) is 13.0 Å². The van der Waals surface area contributed by atoms with Crippen molar-refractivity contribution in [1.29, 1.82) is 0 Å². The van der Waals surface area contributed by atoms with E-state index < -0.39 is 0 Å². The van der Waals surface area contributed by atoms with Crippen molar-refractivity contribution in [3.8, 4) is 0 Å². The molecular weight excluding hydrogens is 254 g/mol. The van der Waals surface area contributed by atoms with Crippen molar-refractivity contribution in [3.05, 3.63) is 42.0 Å². The van der Waals surface area contributed by atoms with Gasteiger partial charge in [0.15, 0.2) is 0 Å². The van der Waals surface area contributed by atoms with Crippen LogP contribution >= 0.6 is 0 Å². The van der Waals surface area contributed by atoms with Gasteiger partial charge in [-0.25, -0.2) is 9.97 Å². The van der Waals surface area contributed by atoms with Gasteiger partial charge in [0.05, 0.1) is 11.9 Å². The highest BCUT2D eigenvalue weighted by atomic mass is 16.1. The van der Waals surface area contributed by atoms with E-state index in [4.69, 9.17) is 0 Å². The number of fused-ring (bicyclic) bond motifs is 1. The molecule has 0 radical (unpaired) electrons. The molecule has 1 N–H and O–H groups in total. The zero-order valence-electron chi connectivity index (χ0n) is 11.4. The maximum Gasteiger partial charge on any atom is 0.271 e. The van der Waals surface area contributed by atoms with E-state index in [1.54, 1.807) is 6.20 Å². The zero-order valence-corrected chi connectivity index (χ0v) is 11.4. The summed E-state index contributed by atoms with van der Waals surface area (Å²) in [6.45, 7) is 3.47. The lowest BCUT2D eigenvalue weighted by Gasteiger charge is -2.23. The van der Waals surface area contributed by atoms with E-state index in [1.165, 1.54) is 6.20 Å². The summed E-state index contributed by atoms with van der Waals surface area (Å²) in [6, 6.07) is 0. The molecule has 1 atom stereocenters. The second-order valence-corrected chi connectivity index (χ2v) is 5.15. The summed E-state index contributed by atoms with van der Waals surface area (Å²) in [7, 11) is 0. The molecule has 1 aliphatic rings. The number of nitrogens with zero attached hydrogens (tertiary/aromatic N) is 4. The molecule has 0 aliphatic carbocycles. The monoisotopic (exact) mass is 271 g/mol. The minimum atomic E-state index is -0.161. The van der Waals surface area contributed by atoms with Gasteiger partial charge in [-0.15, -0.1) is 0 Å². The van der Waals surface area contributed by atoms with Gasteiger partial charge < -0.3 is 9.88 Å². The van der Waals surface area contributed by atoms with Gasteiger partial charge in [0, 0.05) is 38.1 Å². The summed E-state index contributed by atoms with van der Waals surface area (Å²) in [5, 5.41) is 2.93. The van der Waals surface area contributed by atoms with Crippen LogP contribution in [0, 0.1) is 12.8 Å². The molecule has 0 fully saturated rings. The van der Waals surface area contributed by atoms with Crippen molar-refractivity contribution in [3.63, 3.8) is 0 Å². The number of hydrogen-bond acceptors (Lipinski definition) is 4. The number of nitrogens with one attached hydrogen (secondary N) is 1. The van der Waals surface area contributed by atoms with Gasteiger partial charge in [0.1, 0.15) is 11.5 Å². The van der Waals surface area contributed by atoms with E-state index in [0.717, 1.165) is 30.9 Å². The molecule has 3 rings (SSSR count). The Morgan fingerprint density at radius 1 is 1.40 bits per heavy atom. The molecule has 0 spiro atoms. The minimum absolute atomic E-state index is 0.161. The van der Waals surface area contributed by atoms with Gasteiger partial charge in [0.25, 0.3) is 5.91 Å². The lowest BCUT2D eigenvalue weighted by atomic mass is 9.98. The zero-order chi connectivity index (χ0) is 13.9. The van der Waals surface area contributed by atoms with Crippen LogP contribution in [0.25, 0.3) is 0 Å². The maximum absolute atomic E-state index is 12.0. The standard InChI is InChI=1S/C14H17N5O/c1-10-7-17-12(9-16-10)14(20)18-8-11-2-4-19-5-3-15-13(19)6-11/h3,5,7,9,11H,2,4,6,8H2,1H3,(H,18,20)/t11-/m0/s1. The predicted molar refractivity (Wildman–Crippen MR) is 73.1 cm³/mol. The van der Waals surface area contributed by atoms with E-state index in [1.807, 2.05) is 19.3 Å². The van der Waals surface area contributed by atoms with Gasteiger partial charge in [-0.2, -0.15) is 0 Å². The van der Waals surface area contributed by atoms with E-state index in [2.05, 4.69) is 24.8 Å². The van der Waals surface area contributed by atoms with Crippen LogP contribution in [-0.4, -0.2) is 32.0 Å². The Bertz CT molecular complexity index is 604. The number of aryl methyl sites for hydroxylation is 2. The summed E-state index contributed by atoms with van der Waals surface area (Å²) < 4.78 is 2.17. The lowest BCUT2D eigenvalue weighted by Crippen LogP contribution is -2.33. The molecule has 1 aliphatic heterocycles. The second kappa shape index (κ2) is 5.40. The smallest absolute Gasteiger partial charge is 0.271 e. The Morgan fingerprint density at radius 2 is 2.30 bits per heavy atom. The fraction of sp³-hybridized carbons (Fsp3) is 0.429. The van der Waals surface area contributed by atoms with Gasteiger partial charge in [0.2, 0.25) is 0 Å². The molecule has 2 aromatic heterocycles. The normalized spacial score (nSPS) is 17.6. The number of hydrogen-bond donors (Lipinski definition) is 1. The number of carbonyl (C=O) groups is 1. The second-order valence-electron chi connectivity index (χ2n) is 5.15. The highest BCUT2D eigenvalue weighted by Gasteiger charge is 2.20. The molecule has 104 valence electrons. The van der Waals surface area contributed by atoms with E-state index in [-0.39, 0.29) is 5.91 Å². The molecule has 0 aromatic carbocycles. The Kier molecular flexibility index (Phi) is 3.45. The molecule has 2 aromatic rings. The quantitative estimate of drug-likeness (QED) is 0.903. The van der Waals surface area contributed by atoms with Gasteiger partial charge in [-0.3, -0.25) is 9.78 Å². The predicted octanol–water partition coefficient (Wildman–Crippen LogP) is 0.974. The van der Waals surface area contributed by atoms with Crippen molar-refractivity contribution < 1.29 is 4.79 Å². The molecule has 0 saturated carbocycles. The Labute approximate surface area is 117 Å². The molecular formula is C14H17N5O. The highest BCUT2D eigenvalue weighted by molar-refractivity contribution is 5.91. The molecule has 20 heavy (non-hydrogen) atoms. The van der Waals surface area contributed by atoms with Crippen LogP contribution < -0.4 is 5.32 Å².